The molecule has 23 heavy (non-hydrogen) atoms. The Bertz CT molecular complexity index is 679. The summed E-state index contributed by atoms with van der Waals surface area (Å²) in [5, 5.41) is 1.42. The Balaban J connectivity index is 1.77. The summed E-state index contributed by atoms with van der Waals surface area (Å²) in [6.07, 6.45) is 5.30. The van der Waals surface area contributed by atoms with Gasteiger partial charge in [-0.3, -0.25) is 0 Å². The summed E-state index contributed by atoms with van der Waals surface area (Å²) in [5.74, 6) is 0. The summed E-state index contributed by atoms with van der Waals surface area (Å²) in [7, 11) is 0. The van der Waals surface area contributed by atoms with Gasteiger partial charge in [0.2, 0.25) is 0 Å². The van der Waals surface area contributed by atoms with Crippen LogP contribution in [0.1, 0.15) is 17.2 Å². The van der Waals surface area contributed by atoms with Gasteiger partial charge < -0.3 is 9.30 Å². The first kappa shape index (κ1) is 16.1. The van der Waals surface area contributed by atoms with Gasteiger partial charge in [-0.15, -0.1) is 0 Å². The SMILES string of the molecule is Clc1ccc(C(OCCn2ccnc2)c2ccc(Cl)cc2)cc1. The van der Waals surface area contributed by atoms with Gasteiger partial charge in [0.05, 0.1) is 12.9 Å². The molecule has 118 valence electrons. The van der Waals surface area contributed by atoms with Crippen LogP contribution < -0.4 is 0 Å². The van der Waals surface area contributed by atoms with Crippen molar-refractivity contribution < 1.29 is 4.74 Å². The predicted octanol–water partition coefficient (Wildman–Crippen LogP) is 5.00. The Hall–Kier alpha value is -1.81. The van der Waals surface area contributed by atoms with Gasteiger partial charge in [-0.05, 0) is 35.4 Å². The number of imidazole rings is 1. The maximum absolute atomic E-state index is 6.13. The maximum Gasteiger partial charge on any atom is 0.108 e. The minimum absolute atomic E-state index is 0.159. The summed E-state index contributed by atoms with van der Waals surface area (Å²) < 4.78 is 8.12. The summed E-state index contributed by atoms with van der Waals surface area (Å²) >= 11 is 12.0. The Kier molecular flexibility index (Phi) is 5.34. The number of aromatic nitrogens is 2. The van der Waals surface area contributed by atoms with Gasteiger partial charge in [0, 0.05) is 29.0 Å². The minimum atomic E-state index is -0.159. The molecule has 1 heterocycles. The molecule has 0 amide bonds. The molecule has 0 bridgehead atoms. The van der Waals surface area contributed by atoms with Crippen LogP contribution in [-0.2, 0) is 11.3 Å². The molecule has 2 aromatic carbocycles. The van der Waals surface area contributed by atoms with Gasteiger partial charge in [0.1, 0.15) is 6.10 Å². The number of benzene rings is 2. The first-order chi connectivity index (χ1) is 11.2. The van der Waals surface area contributed by atoms with Crippen LogP contribution in [0, 0.1) is 0 Å². The molecule has 0 atom stereocenters. The molecule has 5 heteroatoms. The fraction of sp³-hybridized carbons (Fsp3) is 0.167. The molecule has 0 radical (unpaired) electrons. The van der Waals surface area contributed by atoms with E-state index in [2.05, 4.69) is 4.98 Å². The van der Waals surface area contributed by atoms with E-state index in [1.54, 1.807) is 12.5 Å². The van der Waals surface area contributed by atoms with Crippen molar-refractivity contribution in [2.75, 3.05) is 6.61 Å². The van der Waals surface area contributed by atoms with Gasteiger partial charge in [-0.25, -0.2) is 4.98 Å². The molecule has 0 unspecified atom stereocenters. The number of hydrogen-bond acceptors (Lipinski definition) is 2. The van der Waals surface area contributed by atoms with Crippen molar-refractivity contribution in [3.8, 4) is 0 Å². The normalized spacial score (nSPS) is 11.1. The molecule has 0 saturated heterocycles. The molecule has 0 N–H and O–H groups in total. The van der Waals surface area contributed by atoms with Crippen molar-refractivity contribution in [2.24, 2.45) is 0 Å². The average Bonchev–Trinajstić information content (AvgIpc) is 3.07. The Morgan fingerprint density at radius 2 is 1.48 bits per heavy atom. The zero-order valence-corrected chi connectivity index (χ0v) is 13.9. The molecule has 0 aliphatic heterocycles. The van der Waals surface area contributed by atoms with Crippen LogP contribution in [-0.4, -0.2) is 16.2 Å². The predicted molar refractivity (Wildman–Crippen MR) is 92.9 cm³/mol. The molecular weight excluding hydrogens is 331 g/mol. The zero-order valence-electron chi connectivity index (χ0n) is 12.4. The molecule has 0 aliphatic rings. The number of hydrogen-bond donors (Lipinski definition) is 0. The molecule has 1 aromatic heterocycles. The summed E-state index contributed by atoms with van der Waals surface area (Å²) in [6.45, 7) is 1.32. The third-order valence-electron chi connectivity index (χ3n) is 3.54. The lowest BCUT2D eigenvalue weighted by molar-refractivity contribution is 0.0738. The minimum Gasteiger partial charge on any atom is -0.367 e. The zero-order chi connectivity index (χ0) is 16.1. The summed E-state index contributed by atoms with van der Waals surface area (Å²) in [6, 6.07) is 15.4. The fourth-order valence-electron chi connectivity index (χ4n) is 2.36. The summed E-state index contributed by atoms with van der Waals surface area (Å²) in [5.41, 5.74) is 2.12. The van der Waals surface area contributed by atoms with E-state index in [1.165, 1.54) is 0 Å². The lowest BCUT2D eigenvalue weighted by Crippen LogP contribution is -2.11. The van der Waals surface area contributed by atoms with Crippen molar-refractivity contribution in [2.45, 2.75) is 12.6 Å². The number of ether oxygens (including phenoxy) is 1. The third-order valence-corrected chi connectivity index (χ3v) is 4.04. The molecule has 0 aliphatic carbocycles. The highest BCUT2D eigenvalue weighted by Gasteiger charge is 2.15. The second kappa shape index (κ2) is 7.64. The largest absolute Gasteiger partial charge is 0.367 e. The topological polar surface area (TPSA) is 27.1 Å². The molecule has 3 nitrogen and oxygen atoms in total. The third kappa shape index (κ3) is 4.35. The lowest BCUT2D eigenvalue weighted by atomic mass is 10.0. The number of rotatable bonds is 6. The van der Waals surface area contributed by atoms with Gasteiger partial charge in [0.25, 0.3) is 0 Å². The van der Waals surface area contributed by atoms with Crippen molar-refractivity contribution >= 4 is 23.2 Å². The first-order valence-electron chi connectivity index (χ1n) is 7.30. The van der Waals surface area contributed by atoms with E-state index in [9.17, 15) is 0 Å². The maximum atomic E-state index is 6.13. The van der Waals surface area contributed by atoms with Crippen LogP contribution in [0.25, 0.3) is 0 Å². The molecular formula is C18H16Cl2N2O. The molecule has 0 saturated carbocycles. The lowest BCUT2D eigenvalue weighted by Gasteiger charge is -2.19. The van der Waals surface area contributed by atoms with Gasteiger partial charge in [-0.2, -0.15) is 0 Å². The van der Waals surface area contributed by atoms with E-state index in [4.69, 9.17) is 27.9 Å². The molecule has 3 rings (SSSR count). The van der Waals surface area contributed by atoms with Crippen LogP contribution in [0.3, 0.4) is 0 Å². The molecule has 0 fully saturated rings. The summed E-state index contributed by atoms with van der Waals surface area (Å²) in [4.78, 5) is 4.03. The average molecular weight is 347 g/mol. The van der Waals surface area contributed by atoms with Crippen molar-refractivity contribution in [1.82, 2.24) is 9.55 Å². The van der Waals surface area contributed by atoms with Crippen LogP contribution >= 0.6 is 23.2 Å². The highest BCUT2D eigenvalue weighted by atomic mass is 35.5. The molecule has 3 aromatic rings. The van der Waals surface area contributed by atoms with E-state index < -0.39 is 0 Å². The van der Waals surface area contributed by atoms with Crippen LogP contribution in [0.2, 0.25) is 10.0 Å². The van der Waals surface area contributed by atoms with Crippen LogP contribution in [0.15, 0.2) is 67.3 Å². The van der Waals surface area contributed by atoms with Gasteiger partial charge in [-0.1, -0.05) is 47.5 Å². The number of halogens is 2. The van der Waals surface area contributed by atoms with Crippen molar-refractivity contribution in [1.29, 1.82) is 0 Å². The second-order valence-electron chi connectivity index (χ2n) is 5.15. The van der Waals surface area contributed by atoms with E-state index in [0.29, 0.717) is 16.7 Å². The van der Waals surface area contributed by atoms with Crippen molar-refractivity contribution in [3.05, 3.63) is 88.4 Å². The Labute approximate surface area is 145 Å². The van der Waals surface area contributed by atoms with E-state index in [0.717, 1.165) is 17.7 Å². The highest BCUT2D eigenvalue weighted by molar-refractivity contribution is 6.30. The van der Waals surface area contributed by atoms with E-state index >= 15 is 0 Å². The smallest absolute Gasteiger partial charge is 0.108 e. The first-order valence-corrected chi connectivity index (χ1v) is 8.06. The Morgan fingerprint density at radius 3 is 1.96 bits per heavy atom. The van der Waals surface area contributed by atoms with Crippen molar-refractivity contribution in [3.63, 3.8) is 0 Å². The highest BCUT2D eigenvalue weighted by Crippen LogP contribution is 2.28. The van der Waals surface area contributed by atoms with Crippen LogP contribution in [0.4, 0.5) is 0 Å². The van der Waals surface area contributed by atoms with E-state index in [-0.39, 0.29) is 6.10 Å². The standard InChI is InChI=1S/C18H16Cl2N2O/c19-16-5-1-14(2-6-16)18(15-3-7-17(20)8-4-15)23-12-11-22-10-9-21-13-22/h1-10,13,18H,11-12H2. The van der Waals surface area contributed by atoms with Gasteiger partial charge in [0.15, 0.2) is 0 Å². The quantitative estimate of drug-likeness (QED) is 0.628. The number of nitrogens with zero attached hydrogens (tertiary/aromatic N) is 2. The second-order valence-corrected chi connectivity index (χ2v) is 6.03. The van der Waals surface area contributed by atoms with Gasteiger partial charge >= 0.3 is 0 Å². The van der Waals surface area contributed by atoms with E-state index in [1.807, 2.05) is 59.3 Å². The van der Waals surface area contributed by atoms with Crippen LogP contribution in [0.5, 0.6) is 0 Å². The monoisotopic (exact) mass is 346 g/mol. The fourth-order valence-corrected chi connectivity index (χ4v) is 2.61. The molecule has 0 spiro atoms. The Morgan fingerprint density at radius 1 is 0.913 bits per heavy atom.